The normalized spacial score (nSPS) is 22.6. The summed E-state index contributed by atoms with van der Waals surface area (Å²) in [6.07, 6.45) is 4.11. The summed E-state index contributed by atoms with van der Waals surface area (Å²) in [5, 5.41) is 0. The zero-order chi connectivity index (χ0) is 9.84. The summed E-state index contributed by atoms with van der Waals surface area (Å²) in [7, 11) is 0. The lowest BCUT2D eigenvalue weighted by Crippen LogP contribution is -2.18. The van der Waals surface area contributed by atoms with E-state index in [0.29, 0.717) is 18.6 Å². The van der Waals surface area contributed by atoms with Crippen LogP contribution >= 0.6 is 0 Å². The molecule has 1 aliphatic carbocycles. The maximum absolute atomic E-state index is 11.2. The highest BCUT2D eigenvalue weighted by atomic mass is 16.1. The summed E-state index contributed by atoms with van der Waals surface area (Å²) in [4.78, 5) is 22.0. The Labute approximate surface area is 79.0 Å². The molecule has 0 N–H and O–H groups in total. The van der Waals surface area contributed by atoms with Crippen molar-refractivity contribution in [3.8, 4) is 0 Å². The molecule has 1 aliphatic rings. The van der Waals surface area contributed by atoms with Crippen molar-refractivity contribution in [2.45, 2.75) is 39.5 Å². The summed E-state index contributed by atoms with van der Waals surface area (Å²) >= 11 is 0. The Kier molecular flexibility index (Phi) is 3.40. The van der Waals surface area contributed by atoms with Crippen molar-refractivity contribution in [2.24, 2.45) is 5.92 Å². The molecular weight excluding hydrogens is 164 g/mol. The Bertz CT molecular complexity index is 247. The molecule has 2 heteroatoms. The molecule has 0 spiro atoms. The van der Waals surface area contributed by atoms with E-state index in [4.69, 9.17) is 0 Å². The number of rotatable bonds is 2. The van der Waals surface area contributed by atoms with E-state index in [1.54, 1.807) is 0 Å². The van der Waals surface area contributed by atoms with E-state index in [9.17, 15) is 9.59 Å². The second kappa shape index (κ2) is 4.35. The van der Waals surface area contributed by atoms with Crippen molar-refractivity contribution < 1.29 is 9.59 Å². The second-order valence-electron chi connectivity index (χ2n) is 3.91. The van der Waals surface area contributed by atoms with Gasteiger partial charge in [0.1, 0.15) is 12.1 Å². The predicted molar refractivity (Wildman–Crippen MR) is 51.4 cm³/mol. The van der Waals surface area contributed by atoms with Crippen LogP contribution in [0.3, 0.4) is 0 Å². The van der Waals surface area contributed by atoms with Gasteiger partial charge in [-0.05, 0) is 38.2 Å². The molecule has 0 aliphatic heterocycles. The van der Waals surface area contributed by atoms with Crippen LogP contribution in [0.2, 0.25) is 0 Å². The monoisotopic (exact) mass is 180 g/mol. The van der Waals surface area contributed by atoms with Gasteiger partial charge in [0.2, 0.25) is 0 Å². The van der Waals surface area contributed by atoms with Crippen molar-refractivity contribution in [1.82, 2.24) is 0 Å². The summed E-state index contributed by atoms with van der Waals surface area (Å²) in [5.41, 5.74) is 1.89. The minimum Gasteiger partial charge on any atom is -0.300 e. The van der Waals surface area contributed by atoms with E-state index >= 15 is 0 Å². The molecule has 0 radical (unpaired) electrons. The van der Waals surface area contributed by atoms with Gasteiger partial charge in [-0.25, -0.2) is 0 Å². The molecule has 2 nitrogen and oxygen atoms in total. The van der Waals surface area contributed by atoms with E-state index in [2.05, 4.69) is 0 Å². The lowest BCUT2D eigenvalue weighted by Gasteiger charge is -2.21. The van der Waals surface area contributed by atoms with Crippen LogP contribution < -0.4 is 0 Å². The van der Waals surface area contributed by atoms with Crippen molar-refractivity contribution in [1.29, 1.82) is 0 Å². The highest BCUT2D eigenvalue weighted by Gasteiger charge is 2.22. The standard InChI is InChI=1S/C11H16O2/c1-8(2)11(7-12)9-4-3-5-10(13)6-9/h7,9H,3-6H2,1-2H3. The minimum absolute atomic E-state index is 0.198. The van der Waals surface area contributed by atoms with Gasteiger partial charge < -0.3 is 0 Å². The van der Waals surface area contributed by atoms with Crippen LogP contribution in [0.4, 0.5) is 0 Å². The molecule has 0 heterocycles. The van der Waals surface area contributed by atoms with Gasteiger partial charge in [-0.2, -0.15) is 0 Å². The highest BCUT2D eigenvalue weighted by Crippen LogP contribution is 2.28. The van der Waals surface area contributed by atoms with E-state index in [1.165, 1.54) is 0 Å². The fraction of sp³-hybridized carbons (Fsp3) is 0.636. The third-order valence-electron chi connectivity index (χ3n) is 2.63. The van der Waals surface area contributed by atoms with E-state index < -0.39 is 0 Å². The van der Waals surface area contributed by atoms with Gasteiger partial charge >= 0.3 is 0 Å². The van der Waals surface area contributed by atoms with E-state index in [1.807, 2.05) is 13.8 Å². The van der Waals surface area contributed by atoms with Crippen molar-refractivity contribution >= 4 is 12.1 Å². The number of aldehydes is 1. The fourth-order valence-electron chi connectivity index (χ4n) is 1.91. The summed E-state index contributed by atoms with van der Waals surface area (Å²) in [5.74, 6) is 0.501. The molecule has 1 unspecified atom stereocenters. The molecular formula is C11H16O2. The molecule has 1 fully saturated rings. The van der Waals surface area contributed by atoms with Crippen molar-refractivity contribution in [3.05, 3.63) is 11.1 Å². The smallest absolute Gasteiger partial charge is 0.146 e. The van der Waals surface area contributed by atoms with Gasteiger partial charge in [-0.3, -0.25) is 9.59 Å². The summed E-state index contributed by atoms with van der Waals surface area (Å²) < 4.78 is 0. The Morgan fingerprint density at radius 2 is 2.15 bits per heavy atom. The number of ketones is 1. The molecule has 0 saturated heterocycles. The number of hydrogen-bond donors (Lipinski definition) is 0. The number of carbonyl (C=O) groups excluding carboxylic acids is 2. The first kappa shape index (κ1) is 10.2. The molecule has 1 atom stereocenters. The van der Waals surface area contributed by atoms with Crippen LogP contribution in [0.5, 0.6) is 0 Å². The van der Waals surface area contributed by atoms with Gasteiger partial charge in [0.25, 0.3) is 0 Å². The van der Waals surface area contributed by atoms with Gasteiger partial charge in [-0.15, -0.1) is 0 Å². The second-order valence-corrected chi connectivity index (χ2v) is 3.91. The van der Waals surface area contributed by atoms with Crippen LogP contribution in [-0.4, -0.2) is 12.1 Å². The third-order valence-corrected chi connectivity index (χ3v) is 2.63. The first-order chi connectivity index (χ1) is 6.15. The molecule has 13 heavy (non-hydrogen) atoms. The molecule has 1 saturated carbocycles. The maximum Gasteiger partial charge on any atom is 0.146 e. The molecule has 72 valence electrons. The average Bonchev–Trinajstić information content (AvgIpc) is 2.04. The first-order valence-electron chi connectivity index (χ1n) is 4.79. The van der Waals surface area contributed by atoms with Gasteiger partial charge in [0.15, 0.2) is 0 Å². The number of hydrogen-bond acceptors (Lipinski definition) is 2. The van der Waals surface area contributed by atoms with Crippen molar-refractivity contribution in [2.75, 3.05) is 0 Å². The Hall–Kier alpha value is -0.920. The van der Waals surface area contributed by atoms with E-state index in [-0.39, 0.29) is 5.92 Å². The molecule has 0 aromatic carbocycles. The van der Waals surface area contributed by atoms with Crippen LogP contribution in [0.1, 0.15) is 39.5 Å². The van der Waals surface area contributed by atoms with Crippen molar-refractivity contribution in [3.63, 3.8) is 0 Å². The minimum atomic E-state index is 0.198. The Morgan fingerprint density at radius 1 is 1.46 bits per heavy atom. The van der Waals surface area contributed by atoms with Crippen LogP contribution in [0, 0.1) is 5.92 Å². The molecule has 0 aromatic rings. The zero-order valence-electron chi connectivity index (χ0n) is 8.30. The van der Waals surface area contributed by atoms with Crippen LogP contribution in [0.25, 0.3) is 0 Å². The molecule has 1 rings (SSSR count). The average molecular weight is 180 g/mol. The first-order valence-corrected chi connectivity index (χ1v) is 4.79. The zero-order valence-corrected chi connectivity index (χ0v) is 8.30. The lowest BCUT2D eigenvalue weighted by molar-refractivity contribution is -0.121. The molecule has 0 amide bonds. The van der Waals surface area contributed by atoms with Gasteiger partial charge in [0.05, 0.1) is 0 Å². The maximum atomic E-state index is 11.2. The van der Waals surface area contributed by atoms with Gasteiger partial charge in [-0.1, -0.05) is 5.57 Å². The molecule has 0 bridgehead atoms. The largest absolute Gasteiger partial charge is 0.300 e. The Balaban J connectivity index is 2.75. The number of Topliss-reactive ketones (excluding diaryl/α,β-unsaturated/α-hetero) is 1. The lowest BCUT2D eigenvalue weighted by atomic mass is 9.82. The number of allylic oxidation sites excluding steroid dienone is 2. The third kappa shape index (κ3) is 2.51. The predicted octanol–water partition coefficient (Wildman–Crippen LogP) is 2.28. The molecule has 0 aromatic heterocycles. The topological polar surface area (TPSA) is 34.1 Å². The summed E-state index contributed by atoms with van der Waals surface area (Å²) in [6, 6.07) is 0. The SMILES string of the molecule is CC(C)=C(C=O)C1CCCC(=O)C1. The van der Waals surface area contributed by atoms with E-state index in [0.717, 1.165) is 30.3 Å². The van der Waals surface area contributed by atoms with Crippen LogP contribution in [0.15, 0.2) is 11.1 Å². The number of carbonyl (C=O) groups is 2. The highest BCUT2D eigenvalue weighted by molar-refractivity contribution is 5.83. The fourth-order valence-corrected chi connectivity index (χ4v) is 1.91. The Morgan fingerprint density at radius 3 is 2.62 bits per heavy atom. The van der Waals surface area contributed by atoms with Gasteiger partial charge in [0, 0.05) is 12.8 Å². The summed E-state index contributed by atoms with van der Waals surface area (Å²) in [6.45, 7) is 3.87. The quantitative estimate of drug-likeness (QED) is 0.482. The van der Waals surface area contributed by atoms with Crippen LogP contribution in [-0.2, 0) is 9.59 Å².